The summed E-state index contributed by atoms with van der Waals surface area (Å²) >= 11 is 0. The quantitative estimate of drug-likeness (QED) is 0.834. The second kappa shape index (κ2) is 5.43. The van der Waals surface area contributed by atoms with Crippen molar-refractivity contribution in [2.45, 2.75) is 44.4 Å². The van der Waals surface area contributed by atoms with Crippen LogP contribution in [0.15, 0.2) is 16.7 Å². The summed E-state index contributed by atoms with van der Waals surface area (Å²) in [5, 5.41) is 3.50. The molecular formula is C14H22N2O2. The van der Waals surface area contributed by atoms with Gasteiger partial charge in [0.1, 0.15) is 5.76 Å². The van der Waals surface area contributed by atoms with Crippen LogP contribution in [0.1, 0.15) is 30.6 Å². The molecule has 0 radical (unpaired) electrons. The van der Waals surface area contributed by atoms with Gasteiger partial charge in [-0.05, 0) is 32.4 Å². The molecule has 100 valence electrons. The van der Waals surface area contributed by atoms with Gasteiger partial charge in [0.15, 0.2) is 0 Å². The SMILES string of the molecule is CN(Cc1cc(CNC2CC2)co1)C1CCOC1. The lowest BCUT2D eigenvalue weighted by Gasteiger charge is -2.21. The minimum absolute atomic E-state index is 0.545. The highest BCUT2D eigenvalue weighted by Crippen LogP contribution is 2.20. The van der Waals surface area contributed by atoms with Crippen LogP contribution in [0.25, 0.3) is 0 Å². The lowest BCUT2D eigenvalue weighted by molar-refractivity contribution is 0.152. The first-order valence-corrected chi connectivity index (χ1v) is 6.89. The molecule has 0 aromatic carbocycles. The summed E-state index contributed by atoms with van der Waals surface area (Å²) in [5.41, 5.74) is 1.26. The maximum atomic E-state index is 5.63. The van der Waals surface area contributed by atoms with Crippen molar-refractivity contribution in [3.8, 4) is 0 Å². The maximum absolute atomic E-state index is 5.63. The van der Waals surface area contributed by atoms with Crippen LogP contribution in [0.5, 0.6) is 0 Å². The zero-order chi connectivity index (χ0) is 12.4. The minimum atomic E-state index is 0.545. The molecule has 1 saturated heterocycles. The Morgan fingerprint density at radius 2 is 2.28 bits per heavy atom. The molecule has 4 nitrogen and oxygen atoms in total. The number of hydrogen-bond acceptors (Lipinski definition) is 4. The van der Waals surface area contributed by atoms with Crippen LogP contribution in [0.2, 0.25) is 0 Å². The Balaban J connectivity index is 1.48. The van der Waals surface area contributed by atoms with E-state index in [-0.39, 0.29) is 0 Å². The largest absolute Gasteiger partial charge is 0.468 e. The van der Waals surface area contributed by atoms with E-state index in [9.17, 15) is 0 Å². The fraction of sp³-hybridized carbons (Fsp3) is 0.714. The van der Waals surface area contributed by atoms with Gasteiger partial charge in [-0.3, -0.25) is 4.90 Å². The second-order valence-corrected chi connectivity index (χ2v) is 5.51. The summed E-state index contributed by atoms with van der Waals surface area (Å²) < 4.78 is 11.0. The van der Waals surface area contributed by atoms with Crippen molar-refractivity contribution in [1.29, 1.82) is 0 Å². The summed E-state index contributed by atoms with van der Waals surface area (Å²) in [6.07, 6.45) is 5.67. The Morgan fingerprint density at radius 3 is 3.00 bits per heavy atom. The van der Waals surface area contributed by atoms with Crippen molar-refractivity contribution in [1.82, 2.24) is 10.2 Å². The molecule has 3 rings (SSSR count). The summed E-state index contributed by atoms with van der Waals surface area (Å²) in [6, 6.07) is 3.46. The van der Waals surface area contributed by atoms with Gasteiger partial charge in [0, 0.05) is 30.8 Å². The van der Waals surface area contributed by atoms with E-state index < -0.39 is 0 Å². The van der Waals surface area contributed by atoms with Gasteiger partial charge in [-0.1, -0.05) is 0 Å². The van der Waals surface area contributed by atoms with E-state index in [1.54, 1.807) is 0 Å². The summed E-state index contributed by atoms with van der Waals surface area (Å²) in [6.45, 7) is 3.55. The molecular weight excluding hydrogens is 228 g/mol. The van der Waals surface area contributed by atoms with Crippen LogP contribution in [-0.2, 0) is 17.8 Å². The van der Waals surface area contributed by atoms with Gasteiger partial charge in [-0.2, -0.15) is 0 Å². The predicted molar refractivity (Wildman–Crippen MR) is 69.3 cm³/mol. The Hall–Kier alpha value is -0.840. The first kappa shape index (κ1) is 12.2. The van der Waals surface area contributed by atoms with E-state index in [1.807, 2.05) is 6.26 Å². The summed E-state index contributed by atoms with van der Waals surface area (Å²) in [7, 11) is 2.14. The number of hydrogen-bond donors (Lipinski definition) is 1. The molecule has 1 aromatic heterocycles. The first-order valence-electron chi connectivity index (χ1n) is 6.89. The van der Waals surface area contributed by atoms with Crippen molar-refractivity contribution in [3.63, 3.8) is 0 Å². The fourth-order valence-electron chi connectivity index (χ4n) is 2.40. The highest BCUT2D eigenvalue weighted by molar-refractivity contribution is 5.13. The molecule has 1 aliphatic carbocycles. The average Bonchev–Trinajstić information content (AvgIpc) is 2.88. The normalized spacial score (nSPS) is 24.0. The Labute approximate surface area is 108 Å². The van der Waals surface area contributed by atoms with Crippen molar-refractivity contribution in [2.75, 3.05) is 20.3 Å². The zero-order valence-electron chi connectivity index (χ0n) is 11.0. The van der Waals surface area contributed by atoms with E-state index in [1.165, 1.54) is 18.4 Å². The highest BCUT2D eigenvalue weighted by Gasteiger charge is 2.22. The van der Waals surface area contributed by atoms with Crippen LogP contribution < -0.4 is 5.32 Å². The van der Waals surface area contributed by atoms with Crippen LogP contribution in [-0.4, -0.2) is 37.2 Å². The number of nitrogens with one attached hydrogen (secondary N) is 1. The Morgan fingerprint density at radius 1 is 1.39 bits per heavy atom. The van der Waals surface area contributed by atoms with Gasteiger partial charge in [0.2, 0.25) is 0 Å². The van der Waals surface area contributed by atoms with Crippen molar-refractivity contribution < 1.29 is 9.15 Å². The molecule has 18 heavy (non-hydrogen) atoms. The lowest BCUT2D eigenvalue weighted by Crippen LogP contribution is -2.31. The fourth-order valence-corrected chi connectivity index (χ4v) is 2.40. The van der Waals surface area contributed by atoms with Crippen molar-refractivity contribution >= 4 is 0 Å². The Kier molecular flexibility index (Phi) is 3.68. The molecule has 1 unspecified atom stereocenters. The van der Waals surface area contributed by atoms with Gasteiger partial charge < -0.3 is 14.5 Å². The van der Waals surface area contributed by atoms with Crippen LogP contribution in [0.3, 0.4) is 0 Å². The third-order valence-corrected chi connectivity index (χ3v) is 3.81. The molecule has 2 aliphatic rings. The molecule has 1 N–H and O–H groups in total. The minimum Gasteiger partial charge on any atom is -0.468 e. The summed E-state index contributed by atoms with van der Waals surface area (Å²) in [5.74, 6) is 1.05. The van der Waals surface area contributed by atoms with E-state index in [0.29, 0.717) is 6.04 Å². The van der Waals surface area contributed by atoms with Gasteiger partial charge in [0.25, 0.3) is 0 Å². The molecule has 1 saturated carbocycles. The molecule has 0 bridgehead atoms. The van der Waals surface area contributed by atoms with Crippen molar-refractivity contribution in [3.05, 3.63) is 23.7 Å². The second-order valence-electron chi connectivity index (χ2n) is 5.51. The van der Waals surface area contributed by atoms with Crippen LogP contribution >= 0.6 is 0 Å². The molecule has 1 aromatic rings. The predicted octanol–water partition coefficient (Wildman–Crippen LogP) is 1.75. The van der Waals surface area contributed by atoms with E-state index >= 15 is 0 Å². The monoisotopic (exact) mass is 250 g/mol. The lowest BCUT2D eigenvalue weighted by atomic mass is 10.2. The average molecular weight is 250 g/mol. The summed E-state index contributed by atoms with van der Waals surface area (Å²) in [4.78, 5) is 2.32. The van der Waals surface area contributed by atoms with Gasteiger partial charge >= 0.3 is 0 Å². The third-order valence-electron chi connectivity index (χ3n) is 3.81. The third kappa shape index (κ3) is 3.13. The number of ether oxygens (including phenoxy) is 1. The number of nitrogens with zero attached hydrogens (tertiary/aromatic N) is 1. The van der Waals surface area contributed by atoms with E-state index in [4.69, 9.17) is 9.15 Å². The highest BCUT2D eigenvalue weighted by atomic mass is 16.5. The number of rotatable bonds is 6. The number of furan rings is 1. The maximum Gasteiger partial charge on any atom is 0.118 e. The number of likely N-dealkylation sites (N-methyl/N-ethyl adjacent to an activating group) is 1. The molecule has 2 fully saturated rings. The molecule has 0 spiro atoms. The standard InChI is InChI=1S/C14H22N2O2/c1-16(13-4-5-17-10-13)8-14-6-11(9-18-14)7-15-12-2-3-12/h6,9,12-13,15H,2-5,7-8,10H2,1H3. The molecule has 2 heterocycles. The zero-order valence-corrected chi connectivity index (χ0v) is 11.0. The van der Waals surface area contributed by atoms with Crippen molar-refractivity contribution in [2.24, 2.45) is 0 Å². The molecule has 0 amide bonds. The van der Waals surface area contributed by atoms with Gasteiger partial charge in [-0.15, -0.1) is 0 Å². The molecule has 4 heteroatoms. The smallest absolute Gasteiger partial charge is 0.118 e. The van der Waals surface area contributed by atoms with E-state index in [0.717, 1.165) is 44.5 Å². The van der Waals surface area contributed by atoms with Crippen LogP contribution in [0, 0.1) is 0 Å². The van der Waals surface area contributed by atoms with E-state index in [2.05, 4.69) is 23.3 Å². The molecule has 1 atom stereocenters. The van der Waals surface area contributed by atoms with Crippen LogP contribution in [0.4, 0.5) is 0 Å². The van der Waals surface area contributed by atoms with Gasteiger partial charge in [-0.25, -0.2) is 0 Å². The first-order chi connectivity index (χ1) is 8.81. The Bertz CT molecular complexity index is 381. The van der Waals surface area contributed by atoms with Gasteiger partial charge in [0.05, 0.1) is 19.4 Å². The molecule has 1 aliphatic heterocycles. The topological polar surface area (TPSA) is 37.6 Å².